The lowest BCUT2D eigenvalue weighted by molar-refractivity contribution is -0.385. The number of carbonyl (C=O) groups is 2. The Balaban J connectivity index is 1.36. The second kappa shape index (κ2) is 14.6. The quantitative estimate of drug-likeness (QED) is 0.0259. The zero-order chi connectivity index (χ0) is 31.8. The van der Waals surface area contributed by atoms with Gasteiger partial charge in [0.2, 0.25) is 5.75 Å². The van der Waals surface area contributed by atoms with Crippen molar-refractivity contribution in [1.29, 1.82) is 0 Å². The molecule has 0 heterocycles. The lowest BCUT2D eigenvalue weighted by Gasteiger charge is -2.27. The number of hydrogen-bond acceptors (Lipinski definition) is 5. The first-order valence-corrected chi connectivity index (χ1v) is 17.1. The number of nitro groups is 1. The maximum atomic E-state index is 13.1. The van der Waals surface area contributed by atoms with Crippen LogP contribution in [-0.2, 0) is 4.79 Å². The Hall–Kier alpha value is -4.35. The summed E-state index contributed by atoms with van der Waals surface area (Å²) < 4.78 is 5.56. The van der Waals surface area contributed by atoms with E-state index in [2.05, 4.69) is 36.4 Å². The fourth-order valence-electron chi connectivity index (χ4n) is 5.40. The minimum Gasteiger partial charge on any atom is -0.419 e. The number of benzene rings is 5. The van der Waals surface area contributed by atoms with E-state index in [1.54, 1.807) is 30.3 Å². The molecule has 0 spiro atoms. The summed E-state index contributed by atoms with van der Waals surface area (Å²) in [5, 5.41) is 15.6. The largest absolute Gasteiger partial charge is 0.419 e. The number of nitrogens with zero attached hydrogens (tertiary/aromatic N) is 1. The molecule has 0 fully saturated rings. The van der Waals surface area contributed by atoms with Crippen LogP contribution in [0.5, 0.6) is 5.75 Å². The van der Waals surface area contributed by atoms with E-state index in [1.165, 1.54) is 28.0 Å². The zero-order valence-corrected chi connectivity index (χ0v) is 26.5. The van der Waals surface area contributed by atoms with Crippen molar-refractivity contribution in [3.8, 4) is 16.9 Å². The van der Waals surface area contributed by atoms with Gasteiger partial charge in [0.15, 0.2) is 10.6 Å². The number of esters is 1. The number of hydrogen-bond donors (Lipinski definition) is 0. The molecule has 0 saturated heterocycles. The van der Waals surface area contributed by atoms with Crippen LogP contribution >= 0.6 is 30.5 Å². The van der Waals surface area contributed by atoms with Crippen LogP contribution in [0.1, 0.15) is 23.2 Å². The molecule has 5 aromatic rings. The Morgan fingerprint density at radius 3 is 1.67 bits per heavy atom. The van der Waals surface area contributed by atoms with Gasteiger partial charge in [0.1, 0.15) is 23.2 Å². The topological polar surface area (TPSA) is 86.5 Å². The van der Waals surface area contributed by atoms with E-state index in [0.717, 1.165) is 0 Å². The Kier molecular flexibility index (Phi) is 10.4. The molecule has 0 atom stereocenters. The molecule has 0 aliphatic carbocycles. The van der Waals surface area contributed by atoms with E-state index < -0.39 is 28.8 Å². The van der Waals surface area contributed by atoms with Crippen molar-refractivity contribution in [2.24, 2.45) is 0 Å². The van der Waals surface area contributed by atoms with Gasteiger partial charge in [-0.25, -0.2) is 0 Å². The molecule has 9 heteroatoms. The minimum absolute atomic E-state index is 0.0881. The van der Waals surface area contributed by atoms with Crippen LogP contribution in [0.4, 0.5) is 5.69 Å². The number of rotatable bonds is 12. The van der Waals surface area contributed by atoms with E-state index in [-0.39, 0.29) is 17.9 Å². The molecule has 6 nitrogen and oxygen atoms in total. The highest BCUT2D eigenvalue weighted by molar-refractivity contribution is 7.95. The van der Waals surface area contributed by atoms with Crippen LogP contribution in [0.15, 0.2) is 133 Å². The van der Waals surface area contributed by atoms with Crippen LogP contribution < -0.4 is 20.7 Å². The first kappa shape index (κ1) is 32.1. The molecule has 5 aromatic carbocycles. The summed E-state index contributed by atoms with van der Waals surface area (Å²) in [5.74, 6) is -1.10. The van der Waals surface area contributed by atoms with Crippen LogP contribution in [-0.4, -0.2) is 27.7 Å². The van der Waals surface area contributed by atoms with Crippen molar-refractivity contribution >= 4 is 63.8 Å². The minimum atomic E-state index is -2.12. The van der Waals surface area contributed by atoms with Gasteiger partial charge in [0.25, 0.3) is 0 Å². The van der Waals surface area contributed by atoms with Gasteiger partial charge in [0, 0.05) is 18.1 Å². The number of ether oxygens (including phenoxy) is 1. The van der Waals surface area contributed by atoms with Gasteiger partial charge in [-0.05, 0) is 60.0 Å². The standard InChI is InChI=1S/C36H29Cl2NO5P/c37-36(38)35(41)27-20-18-26(19-21-27)28-22-23-33(32(25-28)39(42)43)44-34(40)17-10-24-45(29-11-4-1-5-12-29,30-13-6-2-7-14-30)31-15-8-3-9-16-31/h1-9,11-16,18-23,25,36H,10,17,24H2/q+1. The molecular formula is C36H29Cl2NO5P+. The van der Waals surface area contributed by atoms with Crippen LogP contribution in [0.3, 0.4) is 0 Å². The summed E-state index contributed by atoms with van der Waals surface area (Å²) in [7, 11) is -2.12. The average molecular weight is 658 g/mol. The fraction of sp³-hybridized carbons (Fsp3) is 0.111. The Morgan fingerprint density at radius 2 is 1.20 bits per heavy atom. The van der Waals surface area contributed by atoms with Gasteiger partial charge in [-0.15, -0.1) is 0 Å². The molecule has 0 unspecified atom stereocenters. The van der Waals surface area contributed by atoms with Gasteiger partial charge in [-0.3, -0.25) is 19.7 Å². The molecular weight excluding hydrogens is 628 g/mol. The fourth-order valence-corrected chi connectivity index (χ4v) is 9.99. The van der Waals surface area contributed by atoms with Crippen molar-refractivity contribution in [2.75, 3.05) is 6.16 Å². The lowest BCUT2D eigenvalue weighted by Crippen LogP contribution is -2.33. The first-order valence-electron chi connectivity index (χ1n) is 14.3. The molecule has 0 amide bonds. The Labute approximate surface area is 272 Å². The second-order valence-electron chi connectivity index (χ2n) is 10.3. The van der Waals surface area contributed by atoms with Crippen molar-refractivity contribution in [2.45, 2.75) is 17.7 Å². The molecule has 0 saturated carbocycles. The van der Waals surface area contributed by atoms with E-state index in [9.17, 15) is 19.7 Å². The van der Waals surface area contributed by atoms with Gasteiger partial charge in [0.05, 0.1) is 11.1 Å². The third-order valence-electron chi connectivity index (χ3n) is 7.55. The number of nitro benzene ring substituents is 1. The van der Waals surface area contributed by atoms with E-state index in [0.29, 0.717) is 29.3 Å². The maximum Gasteiger partial charge on any atom is 0.312 e. The highest BCUT2D eigenvalue weighted by Crippen LogP contribution is 2.56. The van der Waals surface area contributed by atoms with Crippen molar-refractivity contribution < 1.29 is 19.2 Å². The van der Waals surface area contributed by atoms with Gasteiger partial charge in [-0.2, -0.15) is 0 Å². The van der Waals surface area contributed by atoms with Gasteiger partial charge >= 0.3 is 11.7 Å². The molecule has 0 N–H and O–H groups in total. The monoisotopic (exact) mass is 656 g/mol. The molecule has 45 heavy (non-hydrogen) atoms. The highest BCUT2D eigenvalue weighted by atomic mass is 35.5. The first-order chi connectivity index (χ1) is 21.8. The van der Waals surface area contributed by atoms with E-state index >= 15 is 0 Å². The van der Waals surface area contributed by atoms with Gasteiger partial charge in [-0.1, -0.05) is 108 Å². The molecule has 5 rings (SSSR count). The van der Waals surface area contributed by atoms with Crippen molar-refractivity contribution in [1.82, 2.24) is 0 Å². The van der Waals surface area contributed by atoms with Crippen LogP contribution in [0.2, 0.25) is 0 Å². The molecule has 0 bridgehead atoms. The molecule has 0 aliphatic heterocycles. The highest BCUT2D eigenvalue weighted by Gasteiger charge is 2.44. The number of alkyl halides is 2. The van der Waals surface area contributed by atoms with Crippen molar-refractivity contribution in [3.63, 3.8) is 0 Å². The predicted molar refractivity (Wildman–Crippen MR) is 183 cm³/mol. The molecule has 226 valence electrons. The number of Topliss-reactive ketones (excluding diaryl/α,β-unsaturated/α-hetero) is 1. The molecule has 0 radical (unpaired) electrons. The zero-order valence-electron chi connectivity index (χ0n) is 24.1. The lowest BCUT2D eigenvalue weighted by atomic mass is 10.0. The normalized spacial score (nSPS) is 11.3. The number of ketones is 1. The van der Waals surface area contributed by atoms with Gasteiger partial charge < -0.3 is 4.74 Å². The maximum absolute atomic E-state index is 13.1. The smallest absolute Gasteiger partial charge is 0.312 e. The second-order valence-corrected chi connectivity index (χ2v) is 15.0. The summed E-state index contributed by atoms with van der Waals surface area (Å²) in [5.41, 5.74) is 1.16. The van der Waals surface area contributed by atoms with E-state index in [4.69, 9.17) is 27.9 Å². The summed E-state index contributed by atoms with van der Waals surface area (Å²) in [6.45, 7) is 0. The Bertz CT molecular complexity index is 1690. The number of halogens is 2. The van der Waals surface area contributed by atoms with Crippen LogP contribution in [0, 0.1) is 10.1 Å². The van der Waals surface area contributed by atoms with Crippen LogP contribution in [0.25, 0.3) is 11.1 Å². The Morgan fingerprint density at radius 1 is 0.711 bits per heavy atom. The molecule has 0 aromatic heterocycles. The number of carbonyl (C=O) groups excluding carboxylic acids is 2. The summed E-state index contributed by atoms with van der Waals surface area (Å²) in [6.07, 6.45) is 1.33. The summed E-state index contributed by atoms with van der Waals surface area (Å²) in [6, 6.07) is 41.9. The summed E-state index contributed by atoms with van der Waals surface area (Å²) >= 11 is 11.3. The summed E-state index contributed by atoms with van der Waals surface area (Å²) in [4.78, 5) is 35.3. The SMILES string of the molecule is O=C(CCC[P+](c1ccccc1)(c1ccccc1)c1ccccc1)Oc1ccc(-c2ccc(C(=O)C(Cl)Cl)cc2)cc1[N+](=O)[O-]. The average Bonchev–Trinajstić information content (AvgIpc) is 3.08. The van der Waals surface area contributed by atoms with Crippen molar-refractivity contribution in [3.05, 3.63) is 149 Å². The molecule has 0 aliphatic rings. The third kappa shape index (κ3) is 7.32. The predicted octanol–water partition coefficient (Wildman–Crippen LogP) is 7.93. The van der Waals surface area contributed by atoms with E-state index in [1.807, 2.05) is 54.6 Å². The third-order valence-corrected chi connectivity index (χ3v) is 12.5.